The van der Waals surface area contributed by atoms with Gasteiger partial charge in [-0.15, -0.1) is 0 Å². The van der Waals surface area contributed by atoms with Gasteiger partial charge in [-0.3, -0.25) is 15.0 Å². The Morgan fingerprint density at radius 2 is 1.82 bits per heavy atom. The fraction of sp³-hybridized carbons (Fsp3) is 0.174. The maximum atomic E-state index is 13.2. The van der Waals surface area contributed by atoms with Gasteiger partial charge in [-0.05, 0) is 42.3 Å². The highest BCUT2D eigenvalue weighted by Crippen LogP contribution is 2.31. The molecule has 1 aromatic heterocycles. The number of hydrogen-bond acceptors (Lipinski definition) is 6. The molecule has 176 valence electrons. The van der Waals surface area contributed by atoms with Gasteiger partial charge in [0.05, 0.1) is 17.7 Å². The van der Waals surface area contributed by atoms with Crippen LogP contribution < -0.4 is 15.5 Å². The zero-order valence-electron chi connectivity index (χ0n) is 18.1. The minimum Gasteiger partial charge on any atom is -0.468 e. The molecule has 1 saturated heterocycles. The number of nitrogens with one attached hydrogen (secondary N) is 3. The molecule has 1 aliphatic heterocycles. The van der Waals surface area contributed by atoms with Gasteiger partial charge in [0.25, 0.3) is 11.8 Å². The van der Waals surface area contributed by atoms with E-state index in [9.17, 15) is 22.8 Å². The van der Waals surface area contributed by atoms with Crippen LogP contribution in [0, 0.1) is 0 Å². The summed E-state index contributed by atoms with van der Waals surface area (Å²) in [7, 11) is -3.95. The van der Waals surface area contributed by atoms with Crippen molar-refractivity contribution in [2.75, 3.05) is 0 Å². The third-order valence-corrected chi connectivity index (χ3v) is 6.92. The molecule has 4 rings (SSSR count). The molecule has 3 aromatic rings. The van der Waals surface area contributed by atoms with Crippen molar-refractivity contribution < 1.29 is 27.2 Å². The molecule has 0 spiro atoms. The van der Waals surface area contributed by atoms with Gasteiger partial charge in [0.15, 0.2) is 0 Å². The highest BCUT2D eigenvalue weighted by Gasteiger charge is 2.52. The summed E-state index contributed by atoms with van der Waals surface area (Å²) in [5.74, 6) is -1.02. The standard InChI is InChI=1S/C23H22N4O6S/c1-2-23(17-9-4-3-5-10-17)21(29)27(22(30)25-23)26-20(28)16-8-6-12-19(14-16)34(31,32)24-15-18-11-7-13-33-18/h3-14,24H,2,15H2,1H3,(H,25,30)(H,26,28)/t23-/m1/s1. The van der Waals surface area contributed by atoms with Crippen molar-refractivity contribution in [3.8, 4) is 0 Å². The van der Waals surface area contributed by atoms with E-state index in [1.807, 2.05) is 0 Å². The van der Waals surface area contributed by atoms with Crippen molar-refractivity contribution in [2.45, 2.75) is 30.3 Å². The van der Waals surface area contributed by atoms with Crippen LogP contribution in [0.3, 0.4) is 0 Å². The molecule has 0 unspecified atom stereocenters. The Balaban J connectivity index is 1.52. The maximum Gasteiger partial charge on any atom is 0.344 e. The fourth-order valence-electron chi connectivity index (χ4n) is 3.67. The summed E-state index contributed by atoms with van der Waals surface area (Å²) in [6.07, 6.45) is 1.69. The third kappa shape index (κ3) is 4.30. The normalized spacial score (nSPS) is 18.1. The summed E-state index contributed by atoms with van der Waals surface area (Å²) >= 11 is 0. The summed E-state index contributed by atoms with van der Waals surface area (Å²) in [6.45, 7) is 1.69. The number of rotatable bonds is 8. The molecule has 1 fully saturated rings. The average Bonchev–Trinajstić information content (AvgIpc) is 3.46. The molecule has 1 aliphatic rings. The summed E-state index contributed by atoms with van der Waals surface area (Å²) in [4.78, 5) is 38.4. The number of imide groups is 1. The van der Waals surface area contributed by atoms with Gasteiger partial charge in [-0.2, -0.15) is 5.01 Å². The van der Waals surface area contributed by atoms with Crippen molar-refractivity contribution in [1.29, 1.82) is 0 Å². The number of sulfonamides is 1. The Labute approximate surface area is 196 Å². The molecule has 0 radical (unpaired) electrons. The van der Waals surface area contributed by atoms with Gasteiger partial charge in [-0.25, -0.2) is 17.9 Å². The Bertz CT molecular complexity index is 1320. The molecule has 2 aromatic carbocycles. The first kappa shape index (κ1) is 23.2. The van der Waals surface area contributed by atoms with E-state index in [1.54, 1.807) is 49.4 Å². The maximum absolute atomic E-state index is 13.2. The predicted molar refractivity (Wildman–Crippen MR) is 120 cm³/mol. The number of furan rings is 1. The average molecular weight is 483 g/mol. The van der Waals surface area contributed by atoms with Crippen LogP contribution in [-0.4, -0.2) is 31.3 Å². The molecule has 0 aliphatic carbocycles. The van der Waals surface area contributed by atoms with Crippen molar-refractivity contribution >= 4 is 27.9 Å². The van der Waals surface area contributed by atoms with Gasteiger partial charge < -0.3 is 9.73 Å². The first-order chi connectivity index (χ1) is 16.3. The second kappa shape index (κ2) is 9.12. The lowest BCUT2D eigenvalue weighted by molar-refractivity contribution is -0.133. The number of urea groups is 1. The van der Waals surface area contributed by atoms with Gasteiger partial charge in [-0.1, -0.05) is 43.3 Å². The molecule has 4 amide bonds. The van der Waals surface area contributed by atoms with Crippen LogP contribution in [0.2, 0.25) is 0 Å². The summed E-state index contributed by atoms with van der Waals surface area (Å²) in [5, 5.41) is 3.28. The number of hydrogen-bond donors (Lipinski definition) is 3. The van der Waals surface area contributed by atoms with Crippen molar-refractivity contribution in [3.05, 3.63) is 89.9 Å². The van der Waals surface area contributed by atoms with Crippen LogP contribution in [-0.2, 0) is 26.9 Å². The molecule has 11 heteroatoms. The minimum atomic E-state index is -3.95. The Hall–Kier alpha value is -3.96. The largest absolute Gasteiger partial charge is 0.468 e. The molecule has 0 bridgehead atoms. The molecular formula is C23H22N4O6S. The van der Waals surface area contributed by atoms with Crippen LogP contribution in [0.5, 0.6) is 0 Å². The second-order valence-electron chi connectivity index (χ2n) is 7.57. The number of hydrazine groups is 1. The Morgan fingerprint density at radius 1 is 1.06 bits per heavy atom. The van der Waals surface area contributed by atoms with Crippen LogP contribution in [0.25, 0.3) is 0 Å². The lowest BCUT2D eigenvalue weighted by Gasteiger charge is -2.25. The lowest BCUT2D eigenvalue weighted by atomic mass is 9.87. The Morgan fingerprint density at radius 3 is 2.50 bits per heavy atom. The highest BCUT2D eigenvalue weighted by atomic mass is 32.2. The number of nitrogens with zero attached hydrogens (tertiary/aromatic N) is 1. The van der Waals surface area contributed by atoms with Crippen LogP contribution in [0.4, 0.5) is 4.79 Å². The molecular weight excluding hydrogens is 460 g/mol. The number of carbonyl (C=O) groups excluding carboxylic acids is 3. The fourth-order valence-corrected chi connectivity index (χ4v) is 4.71. The van der Waals surface area contributed by atoms with E-state index in [-0.39, 0.29) is 23.4 Å². The minimum absolute atomic E-state index is 0.0461. The molecule has 0 saturated carbocycles. The molecule has 1 atom stereocenters. The first-order valence-electron chi connectivity index (χ1n) is 10.4. The van der Waals surface area contributed by atoms with Crippen molar-refractivity contribution in [2.24, 2.45) is 0 Å². The van der Waals surface area contributed by atoms with Crippen molar-refractivity contribution in [1.82, 2.24) is 20.5 Å². The highest BCUT2D eigenvalue weighted by molar-refractivity contribution is 7.89. The predicted octanol–water partition coefficient (Wildman–Crippen LogP) is 2.26. The third-order valence-electron chi connectivity index (χ3n) is 5.52. The van der Waals surface area contributed by atoms with Crippen LogP contribution in [0.15, 0.2) is 82.3 Å². The monoisotopic (exact) mass is 482 g/mol. The first-order valence-corrected chi connectivity index (χ1v) is 11.9. The van der Waals surface area contributed by atoms with Crippen molar-refractivity contribution in [3.63, 3.8) is 0 Å². The summed E-state index contributed by atoms with van der Waals surface area (Å²) in [5.41, 5.74) is 1.52. The van der Waals surface area contributed by atoms with E-state index in [1.165, 1.54) is 24.5 Å². The zero-order chi connectivity index (χ0) is 24.3. The lowest BCUT2D eigenvalue weighted by Crippen LogP contribution is -2.48. The summed E-state index contributed by atoms with van der Waals surface area (Å²) < 4.78 is 32.7. The molecule has 3 N–H and O–H groups in total. The molecule has 34 heavy (non-hydrogen) atoms. The quantitative estimate of drug-likeness (QED) is 0.421. The van der Waals surface area contributed by atoms with E-state index < -0.39 is 33.4 Å². The number of benzene rings is 2. The van der Waals surface area contributed by atoms with E-state index in [4.69, 9.17) is 4.42 Å². The summed E-state index contributed by atoms with van der Waals surface area (Å²) in [6, 6.07) is 16.4. The van der Waals surface area contributed by atoms with Gasteiger partial charge in [0.2, 0.25) is 10.0 Å². The second-order valence-corrected chi connectivity index (χ2v) is 9.34. The van der Waals surface area contributed by atoms with E-state index >= 15 is 0 Å². The van der Waals surface area contributed by atoms with Crippen LogP contribution >= 0.6 is 0 Å². The smallest absolute Gasteiger partial charge is 0.344 e. The van der Waals surface area contributed by atoms with E-state index in [0.717, 1.165) is 6.07 Å². The SMILES string of the molecule is CC[C@]1(c2ccccc2)NC(=O)N(NC(=O)c2cccc(S(=O)(=O)NCc3ccco3)c2)C1=O. The van der Waals surface area contributed by atoms with Crippen LogP contribution in [0.1, 0.15) is 35.0 Å². The van der Waals surface area contributed by atoms with Gasteiger partial charge in [0, 0.05) is 5.56 Å². The van der Waals surface area contributed by atoms with Gasteiger partial charge in [0.1, 0.15) is 11.3 Å². The van der Waals surface area contributed by atoms with E-state index in [0.29, 0.717) is 16.3 Å². The Kier molecular flexibility index (Phi) is 6.22. The number of amides is 4. The van der Waals surface area contributed by atoms with Gasteiger partial charge >= 0.3 is 6.03 Å². The zero-order valence-corrected chi connectivity index (χ0v) is 19.0. The molecule has 10 nitrogen and oxygen atoms in total. The van der Waals surface area contributed by atoms with E-state index in [2.05, 4.69) is 15.5 Å². The molecule has 2 heterocycles. The topological polar surface area (TPSA) is 138 Å². The number of carbonyl (C=O) groups is 3.